The maximum Gasteiger partial charge on any atom is 0.415 e. The third kappa shape index (κ3) is 5.74. The number of piperazine rings is 1. The molecule has 2 atom stereocenters. The number of likely N-dealkylation sites (N-methyl/N-ethyl adjacent to an activating group) is 1. The highest BCUT2D eigenvalue weighted by Gasteiger charge is 2.39. The van der Waals surface area contributed by atoms with Crippen molar-refractivity contribution in [2.45, 2.75) is 38.5 Å². The molecule has 0 spiro atoms. The number of halogens is 1. The summed E-state index contributed by atoms with van der Waals surface area (Å²) in [6.07, 6.45) is 4.95. The number of hydrogen-bond acceptors (Lipinski definition) is 9. The third-order valence-corrected chi connectivity index (χ3v) is 8.58. The molecule has 2 fully saturated rings. The Labute approximate surface area is 254 Å². The lowest BCUT2D eigenvalue weighted by Crippen LogP contribution is -2.54. The minimum Gasteiger partial charge on any atom is -0.493 e. The van der Waals surface area contributed by atoms with E-state index in [-0.39, 0.29) is 5.75 Å². The summed E-state index contributed by atoms with van der Waals surface area (Å²) in [4.78, 5) is 26.1. The van der Waals surface area contributed by atoms with Crippen LogP contribution in [0.2, 0.25) is 5.02 Å². The van der Waals surface area contributed by atoms with Crippen LogP contribution in [-0.2, 0) is 6.61 Å². The van der Waals surface area contributed by atoms with Gasteiger partial charge in [0, 0.05) is 55.1 Å². The average Bonchev–Trinajstić information content (AvgIpc) is 3.20. The van der Waals surface area contributed by atoms with Crippen molar-refractivity contribution in [3.63, 3.8) is 0 Å². The normalized spacial score (nSPS) is 17.9. The lowest BCUT2D eigenvalue weighted by molar-refractivity contribution is 0.0820. The number of hydrogen-bond donors (Lipinski definition) is 1. The zero-order valence-electron chi connectivity index (χ0n) is 24.1. The van der Waals surface area contributed by atoms with Crippen LogP contribution >= 0.6 is 11.6 Å². The number of nitrogens with one attached hydrogen (secondary N) is 1. The molecule has 0 aliphatic carbocycles. The molecule has 1 N–H and O–H groups in total. The first-order chi connectivity index (χ1) is 20.8. The Hall–Kier alpha value is -4.59. The number of pyridine rings is 2. The number of fused-ring (bicyclic) bond motifs is 3. The summed E-state index contributed by atoms with van der Waals surface area (Å²) in [5.74, 6) is 1.19. The van der Waals surface area contributed by atoms with E-state index in [1.165, 1.54) is 13.3 Å². The van der Waals surface area contributed by atoms with Crippen LogP contribution in [0.15, 0.2) is 54.9 Å². The average molecular weight is 599 g/mol. The first kappa shape index (κ1) is 28.5. The van der Waals surface area contributed by atoms with Crippen LogP contribution in [0.1, 0.15) is 29.7 Å². The van der Waals surface area contributed by atoms with E-state index in [9.17, 15) is 10.1 Å². The number of nitriles is 1. The summed E-state index contributed by atoms with van der Waals surface area (Å²) in [7, 11) is 3.62. The second-order valence-corrected chi connectivity index (χ2v) is 11.2. The number of methoxy groups -OCH3 is 1. The Morgan fingerprint density at radius 1 is 1.14 bits per heavy atom. The number of carbonyl (C=O) groups is 1. The van der Waals surface area contributed by atoms with E-state index in [4.69, 9.17) is 25.8 Å². The van der Waals surface area contributed by atoms with E-state index < -0.39 is 6.09 Å². The van der Waals surface area contributed by atoms with Crippen LogP contribution in [0.4, 0.5) is 16.2 Å². The Bertz CT molecular complexity index is 1730. The highest BCUT2D eigenvalue weighted by atomic mass is 35.5. The van der Waals surface area contributed by atoms with E-state index in [0.29, 0.717) is 76.1 Å². The summed E-state index contributed by atoms with van der Waals surface area (Å²) >= 11 is 6.64. The first-order valence-electron chi connectivity index (χ1n) is 14.0. The van der Waals surface area contributed by atoms with Gasteiger partial charge in [-0.25, -0.2) is 4.79 Å². The fourth-order valence-corrected chi connectivity index (χ4v) is 5.94. The number of benzene rings is 2. The van der Waals surface area contributed by atoms with Crippen LogP contribution in [0.5, 0.6) is 17.2 Å². The van der Waals surface area contributed by atoms with Crippen molar-refractivity contribution in [1.29, 1.82) is 5.26 Å². The molecule has 2 bridgehead atoms. The zero-order valence-corrected chi connectivity index (χ0v) is 24.9. The molecule has 2 unspecified atom stereocenters. The van der Waals surface area contributed by atoms with E-state index in [2.05, 4.69) is 33.3 Å². The van der Waals surface area contributed by atoms with Gasteiger partial charge in [0.05, 0.1) is 40.3 Å². The molecule has 1 amide bonds. The van der Waals surface area contributed by atoms with Gasteiger partial charge in [-0.05, 0) is 56.6 Å². The summed E-state index contributed by atoms with van der Waals surface area (Å²) < 4.78 is 17.4. The van der Waals surface area contributed by atoms with Gasteiger partial charge < -0.3 is 24.4 Å². The largest absolute Gasteiger partial charge is 0.493 e. The summed E-state index contributed by atoms with van der Waals surface area (Å²) in [6.45, 7) is 3.56. The van der Waals surface area contributed by atoms with Crippen LogP contribution in [0, 0.1) is 18.3 Å². The Morgan fingerprint density at radius 2 is 1.93 bits per heavy atom. The number of aryl methyl sites for hydroxylation is 1. The molecular formula is C32H31ClN6O4. The molecule has 220 valence electrons. The molecule has 10 nitrogen and oxygen atoms in total. The number of likely N-dealkylation sites (tertiary alicyclic amines) is 1. The van der Waals surface area contributed by atoms with E-state index in [1.54, 1.807) is 41.4 Å². The number of rotatable bonds is 7. The van der Waals surface area contributed by atoms with Crippen LogP contribution in [-0.4, -0.2) is 65.2 Å². The molecule has 4 aromatic rings. The van der Waals surface area contributed by atoms with Gasteiger partial charge in [0.1, 0.15) is 18.4 Å². The minimum atomic E-state index is -0.415. The molecule has 0 saturated carbocycles. The Balaban J connectivity index is 1.24. The maximum absolute atomic E-state index is 13.1. The van der Waals surface area contributed by atoms with E-state index in [0.717, 1.165) is 24.1 Å². The van der Waals surface area contributed by atoms with Crippen molar-refractivity contribution in [3.05, 3.63) is 76.7 Å². The molecule has 2 aromatic heterocycles. The number of carbonyl (C=O) groups excluding carboxylic acids is 1. The van der Waals surface area contributed by atoms with Crippen LogP contribution in [0.25, 0.3) is 10.9 Å². The van der Waals surface area contributed by atoms with Crippen molar-refractivity contribution < 1.29 is 19.0 Å². The summed E-state index contributed by atoms with van der Waals surface area (Å²) in [5, 5.41) is 14.2. The van der Waals surface area contributed by atoms with Crippen molar-refractivity contribution in [3.8, 4) is 23.3 Å². The van der Waals surface area contributed by atoms with Crippen LogP contribution < -0.4 is 19.5 Å². The molecule has 0 radical (unpaired) electrons. The third-order valence-electron chi connectivity index (χ3n) is 8.27. The summed E-state index contributed by atoms with van der Waals surface area (Å²) in [6, 6.07) is 15.4. The van der Waals surface area contributed by atoms with Gasteiger partial charge in [-0.2, -0.15) is 5.26 Å². The lowest BCUT2D eigenvalue weighted by atomic mass is 10.1. The van der Waals surface area contributed by atoms with Crippen molar-refractivity contribution in [2.24, 2.45) is 0 Å². The number of anilines is 2. The fourth-order valence-electron chi connectivity index (χ4n) is 5.72. The van der Waals surface area contributed by atoms with Gasteiger partial charge in [0.2, 0.25) is 0 Å². The van der Waals surface area contributed by atoms with Gasteiger partial charge in [-0.1, -0.05) is 17.7 Å². The lowest BCUT2D eigenvalue weighted by Gasteiger charge is -2.38. The number of ether oxygens (including phenoxy) is 3. The Morgan fingerprint density at radius 3 is 2.63 bits per heavy atom. The quantitative estimate of drug-likeness (QED) is 0.271. The van der Waals surface area contributed by atoms with Gasteiger partial charge in [-0.15, -0.1) is 0 Å². The molecule has 43 heavy (non-hydrogen) atoms. The molecule has 2 saturated heterocycles. The molecule has 2 aromatic carbocycles. The number of amides is 1. The van der Waals surface area contributed by atoms with E-state index in [1.807, 2.05) is 19.1 Å². The van der Waals surface area contributed by atoms with Gasteiger partial charge in [0.25, 0.3) is 0 Å². The number of aromatic nitrogens is 2. The fraction of sp³-hybridized carbons (Fsp3) is 0.312. The molecule has 2 aliphatic heterocycles. The molecule has 11 heteroatoms. The predicted molar refractivity (Wildman–Crippen MR) is 163 cm³/mol. The van der Waals surface area contributed by atoms with E-state index >= 15 is 0 Å². The van der Waals surface area contributed by atoms with Crippen molar-refractivity contribution >= 4 is 40.0 Å². The highest BCUT2D eigenvalue weighted by molar-refractivity contribution is 6.33. The zero-order chi connectivity index (χ0) is 30.1. The first-order valence-corrected chi connectivity index (χ1v) is 14.4. The Kier molecular flexibility index (Phi) is 7.93. The SMILES string of the molecule is COc1cc2c(Nc3ccc(OCc4ncccc4C)cc3Cl)c(C#N)cnc2cc1OC(=O)N1CC2CCC(C1)N2C. The number of nitrogens with zero attached hydrogens (tertiary/aromatic N) is 5. The molecular weight excluding hydrogens is 568 g/mol. The monoisotopic (exact) mass is 598 g/mol. The van der Waals surface area contributed by atoms with Gasteiger partial charge >= 0.3 is 6.09 Å². The predicted octanol–water partition coefficient (Wildman–Crippen LogP) is 6.07. The summed E-state index contributed by atoms with van der Waals surface area (Å²) in [5.41, 5.74) is 3.79. The van der Waals surface area contributed by atoms with Gasteiger partial charge in [0.15, 0.2) is 11.5 Å². The second-order valence-electron chi connectivity index (χ2n) is 10.8. The highest BCUT2D eigenvalue weighted by Crippen LogP contribution is 2.39. The molecule has 6 rings (SSSR count). The van der Waals surface area contributed by atoms with Crippen molar-refractivity contribution in [1.82, 2.24) is 19.8 Å². The molecule has 2 aliphatic rings. The topological polar surface area (TPSA) is 113 Å². The smallest absolute Gasteiger partial charge is 0.415 e. The van der Waals surface area contributed by atoms with Crippen LogP contribution in [0.3, 0.4) is 0 Å². The van der Waals surface area contributed by atoms with Crippen molar-refractivity contribution in [2.75, 3.05) is 32.6 Å². The standard InChI is InChI=1S/C32H31ClN6O4/c1-19-5-4-10-35-28(19)18-42-23-8-9-26(25(33)11-23)37-31-20(14-34)15-36-27-13-30(29(41-3)12-24(27)31)43-32(40)39-16-21-6-7-22(17-39)38(21)2/h4-5,8-13,15,21-22H,6-7,16-18H2,1-3H3,(H,36,37). The second kappa shape index (κ2) is 12.0. The van der Waals surface area contributed by atoms with Gasteiger partial charge in [-0.3, -0.25) is 14.9 Å². The molecule has 4 heterocycles. The maximum atomic E-state index is 13.1. The minimum absolute atomic E-state index is 0.261.